The van der Waals surface area contributed by atoms with Crippen LogP contribution in [0.4, 0.5) is 18.3 Å². The van der Waals surface area contributed by atoms with E-state index in [1.807, 2.05) is 24.3 Å². The SMILES string of the molecule is COc1ccccc1CCNc1nc(C(F)(F)F)ns1. The highest BCUT2D eigenvalue weighted by atomic mass is 32.1. The fourth-order valence-corrected chi connectivity index (χ4v) is 2.24. The minimum atomic E-state index is -4.50. The van der Waals surface area contributed by atoms with Gasteiger partial charge in [-0.25, -0.2) is 0 Å². The predicted molar refractivity (Wildman–Crippen MR) is 70.1 cm³/mol. The van der Waals surface area contributed by atoms with E-state index in [1.54, 1.807) is 7.11 Å². The molecule has 0 aliphatic carbocycles. The molecule has 2 aromatic rings. The predicted octanol–water partition coefficient (Wildman–Crippen LogP) is 3.22. The molecule has 0 aliphatic heterocycles. The first kappa shape index (κ1) is 14.6. The molecule has 0 saturated carbocycles. The Balaban J connectivity index is 1.91. The van der Waals surface area contributed by atoms with Gasteiger partial charge in [0.15, 0.2) is 0 Å². The van der Waals surface area contributed by atoms with Crippen molar-refractivity contribution in [1.82, 2.24) is 9.36 Å². The van der Waals surface area contributed by atoms with Gasteiger partial charge in [0.25, 0.3) is 0 Å². The Morgan fingerprint density at radius 1 is 1.30 bits per heavy atom. The average molecular weight is 303 g/mol. The van der Waals surface area contributed by atoms with Gasteiger partial charge >= 0.3 is 6.18 Å². The van der Waals surface area contributed by atoms with Crippen LogP contribution in [0.1, 0.15) is 11.4 Å². The molecule has 1 N–H and O–H groups in total. The second-order valence-corrected chi connectivity index (χ2v) is 4.66. The third-order valence-electron chi connectivity index (χ3n) is 2.54. The maximum Gasteiger partial charge on any atom is 0.452 e. The van der Waals surface area contributed by atoms with E-state index in [2.05, 4.69) is 14.7 Å². The first-order valence-corrected chi connectivity index (χ1v) is 6.54. The normalized spacial score (nSPS) is 11.4. The van der Waals surface area contributed by atoms with E-state index in [0.29, 0.717) is 24.5 Å². The van der Waals surface area contributed by atoms with Crippen LogP contribution in [0.15, 0.2) is 24.3 Å². The van der Waals surface area contributed by atoms with Crippen molar-refractivity contribution < 1.29 is 17.9 Å². The van der Waals surface area contributed by atoms with E-state index in [0.717, 1.165) is 11.3 Å². The molecule has 0 saturated heterocycles. The lowest BCUT2D eigenvalue weighted by Crippen LogP contribution is -2.09. The van der Waals surface area contributed by atoms with Crippen LogP contribution >= 0.6 is 11.5 Å². The monoisotopic (exact) mass is 303 g/mol. The van der Waals surface area contributed by atoms with Crippen LogP contribution in [0.3, 0.4) is 0 Å². The standard InChI is InChI=1S/C12H12F3N3OS/c1-19-9-5-3-2-4-8(9)6-7-16-11-17-10(18-20-11)12(13,14)15/h2-5H,6-7H2,1H3,(H,16,17,18). The van der Waals surface area contributed by atoms with E-state index >= 15 is 0 Å². The molecule has 0 amide bonds. The Bertz CT molecular complexity index is 571. The number of anilines is 1. The minimum absolute atomic E-state index is 0.159. The van der Waals surface area contributed by atoms with E-state index in [9.17, 15) is 13.2 Å². The number of aromatic nitrogens is 2. The highest BCUT2D eigenvalue weighted by molar-refractivity contribution is 7.09. The summed E-state index contributed by atoms with van der Waals surface area (Å²) in [6.07, 6.45) is -3.88. The van der Waals surface area contributed by atoms with Crippen LogP contribution in [0.5, 0.6) is 5.75 Å². The highest BCUT2D eigenvalue weighted by Gasteiger charge is 2.36. The first-order valence-electron chi connectivity index (χ1n) is 5.77. The van der Waals surface area contributed by atoms with Gasteiger partial charge in [-0.1, -0.05) is 18.2 Å². The molecule has 0 bridgehead atoms. The molecule has 20 heavy (non-hydrogen) atoms. The fourth-order valence-electron chi connectivity index (χ4n) is 1.62. The van der Waals surface area contributed by atoms with Crippen molar-refractivity contribution in [2.24, 2.45) is 0 Å². The number of rotatable bonds is 5. The largest absolute Gasteiger partial charge is 0.496 e. The van der Waals surface area contributed by atoms with Crippen LogP contribution in [0, 0.1) is 0 Å². The Kier molecular flexibility index (Phi) is 4.43. The van der Waals surface area contributed by atoms with Crippen LogP contribution in [-0.2, 0) is 12.6 Å². The van der Waals surface area contributed by atoms with Crippen molar-refractivity contribution in [3.8, 4) is 5.75 Å². The quantitative estimate of drug-likeness (QED) is 0.921. The zero-order chi connectivity index (χ0) is 14.6. The average Bonchev–Trinajstić information content (AvgIpc) is 2.88. The molecule has 4 nitrogen and oxygen atoms in total. The minimum Gasteiger partial charge on any atom is -0.496 e. The summed E-state index contributed by atoms with van der Waals surface area (Å²) in [7, 11) is 1.58. The first-order chi connectivity index (χ1) is 9.50. The summed E-state index contributed by atoms with van der Waals surface area (Å²) >= 11 is 0.698. The molecule has 2 rings (SSSR count). The lowest BCUT2D eigenvalue weighted by molar-refractivity contribution is -0.144. The third kappa shape index (κ3) is 3.60. The van der Waals surface area contributed by atoms with E-state index in [1.165, 1.54) is 0 Å². The maximum absolute atomic E-state index is 12.3. The van der Waals surface area contributed by atoms with E-state index < -0.39 is 12.0 Å². The van der Waals surface area contributed by atoms with Gasteiger partial charge in [0, 0.05) is 18.1 Å². The van der Waals surface area contributed by atoms with Gasteiger partial charge in [-0.15, -0.1) is 0 Å². The van der Waals surface area contributed by atoms with Crippen molar-refractivity contribution in [2.45, 2.75) is 12.6 Å². The Morgan fingerprint density at radius 3 is 2.70 bits per heavy atom. The lowest BCUT2D eigenvalue weighted by atomic mass is 10.1. The summed E-state index contributed by atoms with van der Waals surface area (Å²) in [5, 5.41) is 2.99. The van der Waals surface area contributed by atoms with Crippen molar-refractivity contribution in [3.05, 3.63) is 35.7 Å². The van der Waals surface area contributed by atoms with Crippen LogP contribution in [0.25, 0.3) is 0 Å². The number of ether oxygens (including phenoxy) is 1. The van der Waals surface area contributed by atoms with Crippen molar-refractivity contribution in [2.75, 3.05) is 19.0 Å². The number of alkyl halides is 3. The molecule has 8 heteroatoms. The Labute approximate surface area is 117 Å². The molecule has 0 atom stereocenters. The molecule has 0 unspecified atom stereocenters. The molecular weight excluding hydrogens is 291 g/mol. The van der Waals surface area contributed by atoms with Crippen molar-refractivity contribution in [3.63, 3.8) is 0 Å². The van der Waals surface area contributed by atoms with Crippen molar-refractivity contribution >= 4 is 16.7 Å². The molecule has 0 spiro atoms. The smallest absolute Gasteiger partial charge is 0.452 e. The van der Waals surface area contributed by atoms with Crippen LogP contribution in [-0.4, -0.2) is 23.0 Å². The summed E-state index contributed by atoms with van der Waals surface area (Å²) in [5.74, 6) is -0.357. The van der Waals surface area contributed by atoms with Gasteiger partial charge in [-0.3, -0.25) is 0 Å². The van der Waals surface area contributed by atoms with Gasteiger partial charge in [0.1, 0.15) is 5.75 Å². The highest BCUT2D eigenvalue weighted by Crippen LogP contribution is 2.29. The summed E-state index contributed by atoms with van der Waals surface area (Å²) in [6, 6.07) is 7.48. The van der Waals surface area contributed by atoms with Crippen LogP contribution < -0.4 is 10.1 Å². The Hall–Kier alpha value is -1.83. The van der Waals surface area contributed by atoms with Gasteiger partial charge in [0.2, 0.25) is 11.0 Å². The molecule has 108 valence electrons. The van der Waals surface area contributed by atoms with E-state index in [4.69, 9.17) is 4.74 Å². The maximum atomic E-state index is 12.3. The third-order valence-corrected chi connectivity index (χ3v) is 3.22. The summed E-state index contributed by atoms with van der Waals surface area (Å²) in [6.45, 7) is 0.451. The topological polar surface area (TPSA) is 47.0 Å². The zero-order valence-corrected chi connectivity index (χ0v) is 11.4. The number of benzene rings is 1. The summed E-state index contributed by atoms with van der Waals surface area (Å²) in [5.41, 5.74) is 0.975. The molecule has 0 radical (unpaired) electrons. The number of nitrogens with one attached hydrogen (secondary N) is 1. The molecular formula is C12H12F3N3OS. The van der Waals surface area contributed by atoms with Gasteiger partial charge in [0.05, 0.1) is 7.11 Å². The molecule has 1 aromatic carbocycles. The second-order valence-electron chi connectivity index (χ2n) is 3.91. The van der Waals surface area contributed by atoms with Crippen LogP contribution in [0.2, 0.25) is 0 Å². The number of para-hydroxylation sites is 1. The van der Waals surface area contributed by atoms with Gasteiger partial charge in [-0.05, 0) is 18.1 Å². The Morgan fingerprint density at radius 2 is 2.05 bits per heavy atom. The number of hydrogen-bond donors (Lipinski definition) is 1. The molecule has 1 heterocycles. The van der Waals surface area contributed by atoms with Gasteiger partial charge in [-0.2, -0.15) is 22.5 Å². The molecule has 1 aromatic heterocycles. The van der Waals surface area contributed by atoms with Crippen molar-refractivity contribution in [1.29, 1.82) is 0 Å². The number of halogens is 3. The number of hydrogen-bond acceptors (Lipinski definition) is 5. The fraction of sp³-hybridized carbons (Fsp3) is 0.333. The number of methoxy groups -OCH3 is 1. The van der Waals surface area contributed by atoms with E-state index in [-0.39, 0.29) is 5.13 Å². The summed E-state index contributed by atoms with van der Waals surface area (Å²) < 4.78 is 45.4. The molecule has 0 aliphatic rings. The van der Waals surface area contributed by atoms with Gasteiger partial charge < -0.3 is 10.1 Å². The summed E-state index contributed by atoms with van der Waals surface area (Å²) in [4.78, 5) is 3.40. The zero-order valence-electron chi connectivity index (χ0n) is 10.6. The lowest BCUT2D eigenvalue weighted by Gasteiger charge is -2.08. The second kappa shape index (κ2) is 6.08. The molecule has 0 fully saturated rings. The number of nitrogens with zero attached hydrogens (tertiary/aromatic N) is 2.